The summed E-state index contributed by atoms with van der Waals surface area (Å²) in [4.78, 5) is 23.7. The van der Waals surface area contributed by atoms with Crippen molar-refractivity contribution in [2.24, 2.45) is 5.73 Å². The van der Waals surface area contributed by atoms with Gasteiger partial charge in [-0.15, -0.1) is 0 Å². The minimum absolute atomic E-state index is 0.0437. The molecule has 0 aliphatic carbocycles. The number of aromatic hydroxyl groups is 1. The van der Waals surface area contributed by atoms with Gasteiger partial charge in [0.1, 0.15) is 11.8 Å². The molecule has 130 valence electrons. The van der Waals surface area contributed by atoms with Crippen LogP contribution in [0.5, 0.6) is 17.2 Å². The van der Waals surface area contributed by atoms with Crippen molar-refractivity contribution in [2.75, 3.05) is 0 Å². The van der Waals surface area contributed by atoms with Crippen molar-refractivity contribution in [3.8, 4) is 17.2 Å². The van der Waals surface area contributed by atoms with Crippen LogP contribution in [0.4, 0.5) is 0 Å². The summed E-state index contributed by atoms with van der Waals surface area (Å²) in [6, 6.07) is 9.56. The quantitative estimate of drug-likeness (QED) is 0.617. The van der Waals surface area contributed by atoms with Crippen LogP contribution in [0.1, 0.15) is 11.1 Å². The lowest BCUT2D eigenvalue weighted by Gasteiger charge is -2.19. The molecule has 2 aliphatic heterocycles. The van der Waals surface area contributed by atoms with Crippen LogP contribution >= 0.6 is 0 Å². The van der Waals surface area contributed by atoms with E-state index >= 15 is 0 Å². The minimum atomic E-state index is -1.16. The van der Waals surface area contributed by atoms with Crippen molar-refractivity contribution < 1.29 is 24.5 Å². The molecule has 4 rings (SSSR count). The highest BCUT2D eigenvalue weighted by Gasteiger charge is 2.24. The molecule has 5 N–H and O–H groups in total. The zero-order chi connectivity index (χ0) is 18.0. The van der Waals surface area contributed by atoms with Crippen LogP contribution in [-0.4, -0.2) is 34.2 Å². The van der Waals surface area contributed by atoms with Crippen LogP contribution < -0.4 is 15.8 Å². The van der Waals surface area contributed by atoms with E-state index in [0.29, 0.717) is 11.3 Å². The van der Waals surface area contributed by atoms with Crippen molar-refractivity contribution in [3.05, 3.63) is 53.6 Å². The molecule has 0 saturated heterocycles. The predicted molar refractivity (Wildman–Crippen MR) is 89.6 cm³/mol. The monoisotopic (exact) mass is 342 g/mol. The van der Waals surface area contributed by atoms with Gasteiger partial charge in [0, 0.05) is 6.42 Å². The molecule has 2 aromatic carbocycles. The Labute approximate surface area is 144 Å². The first-order chi connectivity index (χ1) is 11.9. The third-order valence-electron chi connectivity index (χ3n) is 4.02. The van der Waals surface area contributed by atoms with Crippen LogP contribution in [-0.2, 0) is 22.4 Å². The van der Waals surface area contributed by atoms with Gasteiger partial charge >= 0.3 is 5.97 Å². The molecule has 25 heavy (non-hydrogen) atoms. The Morgan fingerprint density at radius 3 is 2.48 bits per heavy atom. The highest BCUT2D eigenvalue weighted by Crippen LogP contribution is 2.32. The molecule has 0 radical (unpaired) electrons. The molecule has 2 atom stereocenters. The standard InChI is InChI=1S/C18H18N2O5/c19-13-7-10-1-4-12(5-2-10)25-16-9-11(3-6-15(16)21)8-14(18(23)24)20-17(13)22/h1-6,9,13-14,21H,7-8,19H2,(H,20,22)(H,23,24)/t13-,14-/m0/s1. The first-order valence-corrected chi connectivity index (χ1v) is 7.80. The molecule has 0 aromatic heterocycles. The summed E-state index contributed by atoms with van der Waals surface area (Å²) in [7, 11) is 0. The van der Waals surface area contributed by atoms with Gasteiger partial charge in [0.05, 0.1) is 6.04 Å². The number of fused-ring (bicyclic) bond motifs is 7. The lowest BCUT2D eigenvalue weighted by Crippen LogP contribution is -2.50. The summed E-state index contributed by atoms with van der Waals surface area (Å²) < 4.78 is 5.67. The van der Waals surface area contributed by atoms with Gasteiger partial charge in [-0.1, -0.05) is 18.2 Å². The lowest BCUT2D eigenvalue weighted by atomic mass is 10.0. The van der Waals surface area contributed by atoms with E-state index in [0.717, 1.165) is 5.56 Å². The molecule has 2 heterocycles. The maximum absolute atomic E-state index is 12.2. The van der Waals surface area contributed by atoms with Gasteiger partial charge in [-0.3, -0.25) is 4.79 Å². The molecule has 0 fully saturated rings. The number of carboxylic acids is 1. The molecule has 0 spiro atoms. The predicted octanol–water partition coefficient (Wildman–Crippen LogP) is 1.18. The van der Waals surface area contributed by atoms with Crippen LogP contribution in [0.3, 0.4) is 0 Å². The molecular formula is C18H18N2O5. The van der Waals surface area contributed by atoms with Crippen LogP contribution in [0.2, 0.25) is 0 Å². The Balaban J connectivity index is 2.02. The molecule has 7 heteroatoms. The number of hydrogen-bond donors (Lipinski definition) is 4. The maximum atomic E-state index is 12.2. The average molecular weight is 342 g/mol. The molecule has 2 aromatic rings. The van der Waals surface area contributed by atoms with E-state index in [4.69, 9.17) is 10.5 Å². The van der Waals surface area contributed by atoms with Crippen molar-refractivity contribution in [3.63, 3.8) is 0 Å². The number of nitrogens with one attached hydrogen (secondary N) is 1. The molecular weight excluding hydrogens is 324 g/mol. The summed E-state index contributed by atoms with van der Waals surface area (Å²) in [6.07, 6.45) is 0.316. The lowest BCUT2D eigenvalue weighted by molar-refractivity contribution is -0.141. The van der Waals surface area contributed by atoms with E-state index < -0.39 is 24.0 Å². The Hall–Kier alpha value is -3.06. The Kier molecular flexibility index (Phi) is 4.58. The van der Waals surface area contributed by atoms with Gasteiger partial charge in [-0.05, 0) is 41.8 Å². The number of rotatable bonds is 1. The van der Waals surface area contributed by atoms with Crippen molar-refractivity contribution >= 4 is 11.9 Å². The van der Waals surface area contributed by atoms with E-state index in [9.17, 15) is 19.8 Å². The number of hydrogen-bond acceptors (Lipinski definition) is 5. The largest absolute Gasteiger partial charge is 0.504 e. The number of aliphatic carboxylic acids is 1. The van der Waals surface area contributed by atoms with E-state index in [-0.39, 0.29) is 24.3 Å². The van der Waals surface area contributed by atoms with Crippen LogP contribution in [0, 0.1) is 0 Å². The number of benzene rings is 2. The first-order valence-electron chi connectivity index (χ1n) is 7.80. The highest BCUT2D eigenvalue weighted by atomic mass is 16.5. The number of carbonyl (C=O) groups is 2. The van der Waals surface area contributed by atoms with Crippen LogP contribution in [0.25, 0.3) is 0 Å². The summed E-state index contributed by atoms with van der Waals surface area (Å²) in [5.41, 5.74) is 7.31. The summed E-state index contributed by atoms with van der Waals surface area (Å²) in [5, 5.41) is 21.8. The number of phenols is 1. The molecule has 2 aliphatic rings. The zero-order valence-electron chi connectivity index (χ0n) is 13.3. The first kappa shape index (κ1) is 16.8. The van der Waals surface area contributed by atoms with Gasteiger partial charge < -0.3 is 26.0 Å². The number of phenolic OH excluding ortho intramolecular Hbond substituents is 1. The van der Waals surface area contributed by atoms with Gasteiger partial charge in [0.2, 0.25) is 5.91 Å². The topological polar surface area (TPSA) is 122 Å². The second-order valence-corrected chi connectivity index (χ2v) is 5.96. The summed E-state index contributed by atoms with van der Waals surface area (Å²) >= 11 is 0. The number of ether oxygens (including phenoxy) is 1. The fourth-order valence-electron chi connectivity index (χ4n) is 2.65. The normalized spacial score (nSPS) is 20.3. The number of carboxylic acid groups (broad SMARTS) is 1. The smallest absolute Gasteiger partial charge is 0.326 e. The molecule has 0 unspecified atom stereocenters. The molecule has 4 bridgehead atoms. The number of amides is 1. The molecule has 7 nitrogen and oxygen atoms in total. The Morgan fingerprint density at radius 1 is 1.12 bits per heavy atom. The fourth-order valence-corrected chi connectivity index (χ4v) is 2.65. The molecule has 1 amide bonds. The van der Waals surface area contributed by atoms with E-state index in [2.05, 4.69) is 5.32 Å². The minimum Gasteiger partial charge on any atom is -0.504 e. The average Bonchev–Trinajstić information content (AvgIpc) is 2.58. The molecule has 0 saturated carbocycles. The highest BCUT2D eigenvalue weighted by molar-refractivity contribution is 5.87. The number of carbonyl (C=O) groups excluding carboxylic acids is 1. The Bertz CT molecular complexity index is 804. The second kappa shape index (κ2) is 6.82. The van der Waals surface area contributed by atoms with E-state index in [1.54, 1.807) is 36.4 Å². The number of nitrogens with two attached hydrogens (primary N) is 1. The summed E-state index contributed by atoms with van der Waals surface area (Å²) in [5.74, 6) is -1.01. The third kappa shape index (κ3) is 3.89. The van der Waals surface area contributed by atoms with Gasteiger partial charge in [0.15, 0.2) is 11.5 Å². The van der Waals surface area contributed by atoms with Crippen molar-refractivity contribution in [2.45, 2.75) is 24.9 Å². The maximum Gasteiger partial charge on any atom is 0.326 e. The zero-order valence-corrected chi connectivity index (χ0v) is 13.3. The summed E-state index contributed by atoms with van der Waals surface area (Å²) in [6.45, 7) is 0. The third-order valence-corrected chi connectivity index (χ3v) is 4.02. The van der Waals surface area contributed by atoms with Gasteiger partial charge in [-0.25, -0.2) is 4.79 Å². The van der Waals surface area contributed by atoms with Gasteiger partial charge in [-0.2, -0.15) is 0 Å². The fraction of sp³-hybridized carbons (Fsp3) is 0.222. The van der Waals surface area contributed by atoms with E-state index in [1.165, 1.54) is 6.07 Å². The Morgan fingerprint density at radius 2 is 1.80 bits per heavy atom. The van der Waals surface area contributed by atoms with E-state index in [1.807, 2.05) is 0 Å². The SMILES string of the molecule is N[C@H]1Cc2ccc(cc2)Oc2cc(ccc2O)C[C@@H](C(=O)O)NC1=O. The van der Waals surface area contributed by atoms with Crippen molar-refractivity contribution in [1.82, 2.24) is 5.32 Å². The van der Waals surface area contributed by atoms with Gasteiger partial charge in [0.25, 0.3) is 0 Å². The van der Waals surface area contributed by atoms with Crippen molar-refractivity contribution in [1.29, 1.82) is 0 Å². The van der Waals surface area contributed by atoms with Crippen LogP contribution in [0.15, 0.2) is 42.5 Å². The second-order valence-electron chi connectivity index (χ2n) is 5.96.